The van der Waals surface area contributed by atoms with Crippen LogP contribution in [-0.2, 0) is 0 Å². The van der Waals surface area contributed by atoms with Gasteiger partial charge in [0.25, 0.3) is 0 Å². The molecule has 2 rings (SSSR count). The molecule has 1 aliphatic carbocycles. The van der Waals surface area contributed by atoms with Crippen molar-refractivity contribution in [2.45, 2.75) is 56.9 Å². The minimum atomic E-state index is -0.0891. The predicted molar refractivity (Wildman–Crippen MR) is 90.3 cm³/mol. The van der Waals surface area contributed by atoms with Crippen LogP contribution in [0.15, 0.2) is 29.2 Å². The van der Waals surface area contributed by atoms with Gasteiger partial charge in [-0.15, -0.1) is 11.8 Å². The molecule has 1 fully saturated rings. The van der Waals surface area contributed by atoms with Crippen LogP contribution in [0.3, 0.4) is 0 Å². The van der Waals surface area contributed by atoms with Gasteiger partial charge in [0.2, 0.25) is 0 Å². The van der Waals surface area contributed by atoms with Crippen molar-refractivity contribution in [3.63, 3.8) is 0 Å². The van der Waals surface area contributed by atoms with Crippen molar-refractivity contribution in [2.24, 2.45) is 11.8 Å². The first-order valence-electron chi connectivity index (χ1n) is 8.31. The van der Waals surface area contributed by atoms with Crippen LogP contribution in [0.2, 0.25) is 0 Å². The first kappa shape index (κ1) is 16.8. The summed E-state index contributed by atoms with van der Waals surface area (Å²) in [5.74, 6) is 2.47. The molecule has 1 aliphatic rings. The summed E-state index contributed by atoms with van der Waals surface area (Å²) < 4.78 is 13.8. The Morgan fingerprint density at radius 1 is 1.33 bits per heavy atom. The third-order valence-corrected chi connectivity index (χ3v) is 5.63. The summed E-state index contributed by atoms with van der Waals surface area (Å²) in [5.41, 5.74) is 0. The van der Waals surface area contributed by atoms with E-state index in [-0.39, 0.29) is 5.82 Å². The van der Waals surface area contributed by atoms with Gasteiger partial charge in [-0.3, -0.25) is 0 Å². The van der Waals surface area contributed by atoms with Gasteiger partial charge in [-0.25, -0.2) is 4.39 Å². The van der Waals surface area contributed by atoms with Gasteiger partial charge < -0.3 is 5.32 Å². The lowest BCUT2D eigenvalue weighted by Crippen LogP contribution is -2.40. The molecule has 21 heavy (non-hydrogen) atoms. The molecule has 3 atom stereocenters. The minimum Gasteiger partial charge on any atom is -0.313 e. The summed E-state index contributed by atoms with van der Waals surface area (Å²) >= 11 is 1.66. The van der Waals surface area contributed by atoms with E-state index in [0.29, 0.717) is 6.04 Å². The van der Waals surface area contributed by atoms with Gasteiger partial charge in [0.05, 0.1) is 0 Å². The highest BCUT2D eigenvalue weighted by molar-refractivity contribution is 7.99. The van der Waals surface area contributed by atoms with Gasteiger partial charge in [-0.1, -0.05) is 38.8 Å². The van der Waals surface area contributed by atoms with Crippen molar-refractivity contribution < 1.29 is 4.39 Å². The Labute approximate surface area is 133 Å². The summed E-state index contributed by atoms with van der Waals surface area (Å²) in [7, 11) is 0. The molecule has 1 N–H and O–H groups in total. The summed E-state index contributed by atoms with van der Waals surface area (Å²) in [6.07, 6.45) is 6.52. The monoisotopic (exact) mass is 309 g/mol. The Bertz CT molecular complexity index is 423. The molecule has 1 aromatic carbocycles. The van der Waals surface area contributed by atoms with Gasteiger partial charge >= 0.3 is 0 Å². The van der Waals surface area contributed by atoms with E-state index in [2.05, 4.69) is 19.2 Å². The second-order valence-corrected chi connectivity index (χ2v) is 7.40. The molecule has 1 nitrogen and oxygen atoms in total. The SMILES string of the molecule is CCCNC(CSc1ccccc1F)C1CCCC(C)C1. The zero-order valence-electron chi connectivity index (χ0n) is 13.3. The Morgan fingerprint density at radius 3 is 2.86 bits per heavy atom. The fraction of sp³-hybridized carbons (Fsp3) is 0.667. The van der Waals surface area contributed by atoms with Crippen LogP contribution in [0, 0.1) is 17.7 Å². The van der Waals surface area contributed by atoms with Crippen molar-refractivity contribution in [3.8, 4) is 0 Å². The Morgan fingerprint density at radius 2 is 2.14 bits per heavy atom. The Balaban J connectivity index is 1.94. The third-order valence-electron chi connectivity index (χ3n) is 4.46. The summed E-state index contributed by atoms with van der Waals surface area (Å²) in [5, 5.41) is 3.71. The quantitative estimate of drug-likeness (QED) is 0.702. The smallest absolute Gasteiger partial charge is 0.136 e. The van der Waals surface area contributed by atoms with Crippen molar-refractivity contribution in [3.05, 3.63) is 30.1 Å². The fourth-order valence-corrected chi connectivity index (χ4v) is 4.41. The molecule has 3 unspecified atom stereocenters. The van der Waals surface area contributed by atoms with E-state index in [4.69, 9.17) is 0 Å². The highest BCUT2D eigenvalue weighted by Crippen LogP contribution is 2.33. The predicted octanol–water partition coefficient (Wildman–Crippen LogP) is 5.11. The number of hydrogen-bond donors (Lipinski definition) is 1. The zero-order valence-corrected chi connectivity index (χ0v) is 14.1. The second kappa shape index (κ2) is 8.79. The van der Waals surface area contributed by atoms with Gasteiger partial charge in [-0.2, -0.15) is 0 Å². The van der Waals surface area contributed by atoms with E-state index >= 15 is 0 Å². The normalized spacial score (nSPS) is 24.0. The molecule has 0 spiro atoms. The molecule has 1 aromatic rings. The maximum atomic E-state index is 13.8. The lowest BCUT2D eigenvalue weighted by molar-refractivity contribution is 0.234. The lowest BCUT2D eigenvalue weighted by Gasteiger charge is -2.34. The average molecular weight is 309 g/mol. The van der Waals surface area contributed by atoms with Gasteiger partial charge in [-0.05, 0) is 49.8 Å². The standard InChI is InChI=1S/C18H28FNS/c1-3-11-20-17(15-8-6-7-14(2)12-15)13-21-18-10-5-4-9-16(18)19/h4-5,9-10,14-15,17,20H,3,6-8,11-13H2,1-2H3. The molecule has 0 aliphatic heterocycles. The number of rotatable bonds is 7. The van der Waals surface area contributed by atoms with E-state index in [1.165, 1.54) is 25.7 Å². The van der Waals surface area contributed by atoms with Crippen LogP contribution < -0.4 is 5.32 Å². The van der Waals surface area contributed by atoms with Crippen LogP contribution in [0.1, 0.15) is 46.0 Å². The molecule has 1 saturated carbocycles. The number of hydrogen-bond acceptors (Lipinski definition) is 2. The second-order valence-electron chi connectivity index (χ2n) is 6.33. The highest BCUT2D eigenvalue weighted by atomic mass is 32.2. The molecule has 0 saturated heterocycles. The summed E-state index contributed by atoms with van der Waals surface area (Å²) in [4.78, 5) is 0.782. The molecule has 0 amide bonds. The third kappa shape index (κ3) is 5.30. The molecule has 3 heteroatoms. The minimum absolute atomic E-state index is 0.0891. The first-order chi connectivity index (χ1) is 10.2. The van der Waals surface area contributed by atoms with E-state index in [1.807, 2.05) is 12.1 Å². The maximum Gasteiger partial charge on any atom is 0.136 e. The molecule has 0 heterocycles. The average Bonchev–Trinajstić information content (AvgIpc) is 2.49. The lowest BCUT2D eigenvalue weighted by atomic mass is 9.79. The van der Waals surface area contributed by atoms with Crippen molar-refractivity contribution in [2.75, 3.05) is 12.3 Å². The molecule has 0 bridgehead atoms. The molecule has 118 valence electrons. The number of thioether (sulfide) groups is 1. The highest BCUT2D eigenvalue weighted by Gasteiger charge is 2.26. The van der Waals surface area contributed by atoms with Gasteiger partial charge in [0, 0.05) is 16.7 Å². The fourth-order valence-electron chi connectivity index (χ4n) is 3.28. The van der Waals surface area contributed by atoms with E-state index in [0.717, 1.165) is 35.4 Å². The van der Waals surface area contributed by atoms with Crippen LogP contribution in [0.5, 0.6) is 0 Å². The maximum absolute atomic E-state index is 13.8. The molecule has 0 aromatic heterocycles. The van der Waals surface area contributed by atoms with Crippen LogP contribution >= 0.6 is 11.8 Å². The van der Waals surface area contributed by atoms with Crippen molar-refractivity contribution >= 4 is 11.8 Å². The summed E-state index contributed by atoms with van der Waals surface area (Å²) in [6, 6.07) is 7.63. The molecular formula is C18H28FNS. The number of nitrogens with one attached hydrogen (secondary N) is 1. The van der Waals surface area contributed by atoms with E-state index in [1.54, 1.807) is 23.9 Å². The zero-order chi connectivity index (χ0) is 15.1. The Kier molecular flexibility index (Phi) is 7.05. The molecule has 0 radical (unpaired) electrons. The van der Waals surface area contributed by atoms with Crippen molar-refractivity contribution in [1.82, 2.24) is 5.32 Å². The number of benzene rings is 1. The van der Waals surface area contributed by atoms with Crippen molar-refractivity contribution in [1.29, 1.82) is 0 Å². The topological polar surface area (TPSA) is 12.0 Å². The van der Waals surface area contributed by atoms with Crippen LogP contribution in [-0.4, -0.2) is 18.3 Å². The molecular weight excluding hydrogens is 281 g/mol. The van der Waals surface area contributed by atoms with E-state index < -0.39 is 0 Å². The van der Waals surface area contributed by atoms with E-state index in [9.17, 15) is 4.39 Å². The van der Waals surface area contributed by atoms with Crippen LogP contribution in [0.4, 0.5) is 4.39 Å². The van der Waals surface area contributed by atoms with Gasteiger partial charge in [0.1, 0.15) is 5.82 Å². The Hall–Kier alpha value is -0.540. The van der Waals surface area contributed by atoms with Gasteiger partial charge in [0.15, 0.2) is 0 Å². The first-order valence-corrected chi connectivity index (χ1v) is 9.30. The summed E-state index contributed by atoms with van der Waals surface area (Å²) in [6.45, 7) is 5.64. The van der Waals surface area contributed by atoms with Crippen LogP contribution in [0.25, 0.3) is 0 Å². The number of halogens is 1. The largest absolute Gasteiger partial charge is 0.313 e.